The van der Waals surface area contributed by atoms with E-state index >= 15 is 0 Å². The monoisotopic (exact) mass is 296 g/mol. The molecule has 0 aliphatic heterocycles. The van der Waals surface area contributed by atoms with Gasteiger partial charge in [0, 0.05) is 0 Å². The van der Waals surface area contributed by atoms with E-state index in [1.807, 2.05) is 6.07 Å². The first-order chi connectivity index (χ1) is 9.95. The maximum Gasteiger partial charge on any atom is 0.331 e. The molecule has 3 atom stereocenters. The lowest BCUT2D eigenvalue weighted by atomic mass is 10.1. The van der Waals surface area contributed by atoms with Crippen molar-refractivity contribution in [2.24, 2.45) is 5.73 Å². The molecule has 7 heteroatoms. The number of hydrogen-bond donors (Lipinski definition) is 4. The van der Waals surface area contributed by atoms with Crippen molar-refractivity contribution in [3.8, 4) is 0 Å². The van der Waals surface area contributed by atoms with E-state index in [-0.39, 0.29) is 6.61 Å². The number of nitrogens with one attached hydrogen (secondary N) is 1. The summed E-state index contributed by atoms with van der Waals surface area (Å²) in [7, 11) is 0. The van der Waals surface area contributed by atoms with Crippen LogP contribution in [0.3, 0.4) is 0 Å². The van der Waals surface area contributed by atoms with Crippen LogP contribution in [0.25, 0.3) is 0 Å². The number of amides is 1. The van der Waals surface area contributed by atoms with Crippen LogP contribution in [0.4, 0.5) is 0 Å². The molecule has 1 rings (SSSR count). The van der Waals surface area contributed by atoms with Crippen molar-refractivity contribution in [2.45, 2.75) is 31.7 Å². The van der Waals surface area contributed by atoms with E-state index in [2.05, 4.69) is 5.32 Å². The summed E-state index contributed by atoms with van der Waals surface area (Å²) in [6.45, 7) is 0.821. The lowest BCUT2D eigenvalue weighted by molar-refractivity contribution is -0.152. The van der Waals surface area contributed by atoms with Crippen molar-refractivity contribution in [3.63, 3.8) is 0 Å². The summed E-state index contributed by atoms with van der Waals surface area (Å²) >= 11 is 0. The number of esters is 1. The molecule has 0 aromatic heterocycles. The van der Waals surface area contributed by atoms with Gasteiger partial charge in [-0.1, -0.05) is 30.3 Å². The number of hydrogen-bond acceptors (Lipinski definition) is 6. The molecule has 0 heterocycles. The summed E-state index contributed by atoms with van der Waals surface area (Å²) in [5.74, 6) is -1.51. The molecule has 0 spiro atoms. The van der Waals surface area contributed by atoms with E-state index in [0.29, 0.717) is 0 Å². The van der Waals surface area contributed by atoms with Gasteiger partial charge in [0.1, 0.15) is 12.6 Å². The normalized spacial score (nSPS) is 14.9. The van der Waals surface area contributed by atoms with Gasteiger partial charge in [0.2, 0.25) is 5.91 Å². The molecule has 5 N–H and O–H groups in total. The molecule has 1 aromatic rings. The van der Waals surface area contributed by atoms with Crippen LogP contribution in [0.5, 0.6) is 0 Å². The van der Waals surface area contributed by atoms with Crippen LogP contribution in [0.15, 0.2) is 30.3 Å². The van der Waals surface area contributed by atoms with Crippen molar-refractivity contribution in [3.05, 3.63) is 35.9 Å². The molecule has 0 fully saturated rings. The van der Waals surface area contributed by atoms with Crippen LogP contribution < -0.4 is 11.1 Å². The van der Waals surface area contributed by atoms with Crippen molar-refractivity contribution < 1.29 is 24.5 Å². The van der Waals surface area contributed by atoms with E-state index < -0.39 is 36.7 Å². The zero-order valence-corrected chi connectivity index (χ0v) is 11.7. The second-order valence-corrected chi connectivity index (χ2v) is 4.61. The highest BCUT2D eigenvalue weighted by molar-refractivity contribution is 5.87. The van der Waals surface area contributed by atoms with Gasteiger partial charge in [0.15, 0.2) is 6.04 Å². The Balaban J connectivity index is 2.59. The molecule has 1 amide bonds. The number of aliphatic hydroxyl groups excluding tert-OH is 2. The van der Waals surface area contributed by atoms with Crippen LogP contribution in [-0.2, 0) is 20.9 Å². The van der Waals surface area contributed by atoms with Gasteiger partial charge in [-0.05, 0) is 12.5 Å². The molecule has 1 aromatic carbocycles. The third-order valence-electron chi connectivity index (χ3n) is 2.79. The van der Waals surface area contributed by atoms with Gasteiger partial charge in [-0.15, -0.1) is 0 Å². The van der Waals surface area contributed by atoms with E-state index in [9.17, 15) is 14.7 Å². The lowest BCUT2D eigenvalue weighted by Gasteiger charge is -2.21. The zero-order chi connectivity index (χ0) is 15.8. The molecule has 0 unspecified atom stereocenters. The molecule has 0 bridgehead atoms. The van der Waals surface area contributed by atoms with Crippen LogP contribution in [-0.4, -0.2) is 46.9 Å². The molecule has 116 valence electrons. The zero-order valence-electron chi connectivity index (χ0n) is 11.7. The Kier molecular flexibility index (Phi) is 6.80. The van der Waals surface area contributed by atoms with Crippen molar-refractivity contribution in [1.82, 2.24) is 5.32 Å². The highest BCUT2D eigenvalue weighted by atomic mass is 16.5. The van der Waals surface area contributed by atoms with E-state index in [4.69, 9.17) is 15.6 Å². The fourth-order valence-electron chi connectivity index (χ4n) is 1.54. The van der Waals surface area contributed by atoms with Crippen LogP contribution >= 0.6 is 0 Å². The van der Waals surface area contributed by atoms with Crippen LogP contribution in [0.1, 0.15) is 12.5 Å². The molecule has 0 aliphatic rings. The minimum Gasteiger partial charge on any atom is -0.459 e. The summed E-state index contributed by atoms with van der Waals surface area (Å²) in [5.41, 5.74) is 6.12. The molecule has 0 radical (unpaired) electrons. The SMILES string of the molecule is C[C@@H](O)[C@H](NC(=O)[C@@H](N)CO)C(=O)OCc1ccccc1. The van der Waals surface area contributed by atoms with E-state index in [1.165, 1.54) is 6.92 Å². The number of rotatable bonds is 7. The fourth-order valence-corrected chi connectivity index (χ4v) is 1.54. The van der Waals surface area contributed by atoms with Crippen molar-refractivity contribution in [2.75, 3.05) is 6.61 Å². The number of aliphatic hydroxyl groups is 2. The molecular weight excluding hydrogens is 276 g/mol. The summed E-state index contributed by atoms with van der Waals surface area (Å²) < 4.78 is 5.05. The number of ether oxygens (including phenoxy) is 1. The minimum atomic E-state index is -1.24. The van der Waals surface area contributed by atoms with Gasteiger partial charge in [-0.25, -0.2) is 4.79 Å². The van der Waals surface area contributed by atoms with Crippen LogP contribution in [0, 0.1) is 0 Å². The summed E-state index contributed by atoms with van der Waals surface area (Å²) in [6.07, 6.45) is -1.15. The predicted molar refractivity (Wildman–Crippen MR) is 74.9 cm³/mol. The minimum absolute atomic E-state index is 0.0326. The first kappa shape index (κ1) is 17.1. The molecule has 21 heavy (non-hydrogen) atoms. The Labute approximate surface area is 122 Å². The van der Waals surface area contributed by atoms with Gasteiger partial charge in [-0.3, -0.25) is 4.79 Å². The molecule has 0 saturated carbocycles. The first-order valence-corrected chi connectivity index (χ1v) is 6.51. The predicted octanol–water partition coefficient (Wildman–Crippen LogP) is -1.08. The Hall–Kier alpha value is -1.96. The third kappa shape index (κ3) is 5.50. The van der Waals surface area contributed by atoms with Gasteiger partial charge >= 0.3 is 5.97 Å². The van der Waals surface area contributed by atoms with Crippen LogP contribution in [0.2, 0.25) is 0 Å². The fraction of sp³-hybridized carbons (Fsp3) is 0.429. The number of carbonyl (C=O) groups excluding carboxylic acids is 2. The third-order valence-corrected chi connectivity index (χ3v) is 2.79. The first-order valence-electron chi connectivity index (χ1n) is 6.51. The maximum atomic E-state index is 11.9. The quantitative estimate of drug-likeness (QED) is 0.475. The standard InChI is InChI=1S/C14H20N2O5/c1-9(18)12(16-13(19)11(15)7-17)14(20)21-8-10-5-3-2-4-6-10/h2-6,9,11-12,17-18H,7-8,15H2,1H3,(H,16,19)/t9-,11+,12+/m1/s1. The highest BCUT2D eigenvalue weighted by Crippen LogP contribution is 2.04. The topological polar surface area (TPSA) is 122 Å². The van der Waals surface area contributed by atoms with Crippen molar-refractivity contribution in [1.29, 1.82) is 0 Å². The largest absolute Gasteiger partial charge is 0.459 e. The Morgan fingerprint density at radius 2 is 1.95 bits per heavy atom. The number of nitrogens with two attached hydrogens (primary N) is 1. The Bertz CT molecular complexity index is 464. The Morgan fingerprint density at radius 1 is 1.33 bits per heavy atom. The molecule has 7 nitrogen and oxygen atoms in total. The lowest BCUT2D eigenvalue weighted by Crippen LogP contribution is -2.54. The van der Waals surface area contributed by atoms with E-state index in [0.717, 1.165) is 5.56 Å². The van der Waals surface area contributed by atoms with Gasteiger partial charge < -0.3 is 26.0 Å². The van der Waals surface area contributed by atoms with Gasteiger partial charge in [0.05, 0.1) is 12.7 Å². The smallest absolute Gasteiger partial charge is 0.331 e. The summed E-state index contributed by atoms with van der Waals surface area (Å²) in [6, 6.07) is 6.61. The molecule has 0 aliphatic carbocycles. The van der Waals surface area contributed by atoms with Crippen molar-refractivity contribution >= 4 is 11.9 Å². The van der Waals surface area contributed by atoms with Gasteiger partial charge in [-0.2, -0.15) is 0 Å². The highest BCUT2D eigenvalue weighted by Gasteiger charge is 2.28. The maximum absolute atomic E-state index is 11.9. The molecule has 0 saturated heterocycles. The summed E-state index contributed by atoms with van der Waals surface area (Å²) in [4.78, 5) is 23.5. The average Bonchev–Trinajstić information content (AvgIpc) is 2.49. The molecular formula is C14H20N2O5. The number of benzene rings is 1. The Morgan fingerprint density at radius 3 is 2.48 bits per heavy atom. The summed E-state index contributed by atoms with van der Waals surface area (Å²) in [5, 5.41) is 20.6. The second-order valence-electron chi connectivity index (χ2n) is 4.61. The van der Waals surface area contributed by atoms with E-state index in [1.54, 1.807) is 24.3 Å². The van der Waals surface area contributed by atoms with Gasteiger partial charge in [0.25, 0.3) is 0 Å². The number of carbonyl (C=O) groups is 2. The second kappa shape index (κ2) is 8.35. The average molecular weight is 296 g/mol.